The molecule has 0 radical (unpaired) electrons. The molecular formula is C12H22N4S. The highest BCUT2D eigenvalue weighted by molar-refractivity contribution is 7.09. The van der Waals surface area contributed by atoms with Crippen LogP contribution in [0.1, 0.15) is 32.5 Å². The zero-order chi connectivity index (χ0) is 12.3. The van der Waals surface area contributed by atoms with Gasteiger partial charge in [0.05, 0.1) is 0 Å². The summed E-state index contributed by atoms with van der Waals surface area (Å²) in [6, 6.07) is 0.497. The maximum absolute atomic E-state index is 4.52. The second kappa shape index (κ2) is 5.78. The van der Waals surface area contributed by atoms with Gasteiger partial charge < -0.3 is 10.2 Å². The van der Waals surface area contributed by atoms with Gasteiger partial charge in [-0.1, -0.05) is 0 Å². The third-order valence-corrected chi connectivity index (χ3v) is 4.14. The second-order valence-electron chi connectivity index (χ2n) is 5.06. The Bertz CT molecular complexity index is 344. The van der Waals surface area contributed by atoms with Gasteiger partial charge in [0.15, 0.2) is 0 Å². The summed E-state index contributed by atoms with van der Waals surface area (Å²) in [6.45, 7) is 9.87. The molecule has 1 N–H and O–H groups in total. The molecule has 0 spiro atoms. The molecule has 0 amide bonds. The van der Waals surface area contributed by atoms with Crippen molar-refractivity contribution in [2.45, 2.75) is 39.7 Å². The first kappa shape index (κ1) is 12.8. The van der Waals surface area contributed by atoms with E-state index in [1.54, 1.807) is 0 Å². The first-order valence-electron chi connectivity index (χ1n) is 6.44. The Morgan fingerprint density at radius 1 is 1.41 bits per heavy atom. The molecule has 2 rings (SSSR count). The van der Waals surface area contributed by atoms with Crippen LogP contribution in [0.4, 0.5) is 5.13 Å². The normalized spacial score (nSPS) is 17.6. The number of nitrogens with one attached hydrogen (secondary N) is 1. The first-order valence-corrected chi connectivity index (χ1v) is 7.22. The SMILES string of the molecule is Cc1nsc(N(CC2CCNCC2)C(C)C)n1. The van der Waals surface area contributed by atoms with Crippen molar-refractivity contribution >= 4 is 16.7 Å². The molecule has 0 atom stereocenters. The molecule has 1 aliphatic heterocycles. The van der Waals surface area contributed by atoms with E-state index in [4.69, 9.17) is 0 Å². The van der Waals surface area contributed by atoms with Crippen LogP contribution in [0.2, 0.25) is 0 Å². The fourth-order valence-corrected chi connectivity index (χ4v) is 3.07. The molecule has 1 fully saturated rings. The van der Waals surface area contributed by atoms with Crippen LogP contribution in [-0.4, -0.2) is 35.0 Å². The summed E-state index contributed by atoms with van der Waals surface area (Å²) in [7, 11) is 0. The molecule has 0 saturated carbocycles. The minimum Gasteiger partial charge on any atom is -0.344 e. The molecule has 5 heteroatoms. The van der Waals surface area contributed by atoms with Crippen molar-refractivity contribution < 1.29 is 0 Å². The number of aryl methyl sites for hydroxylation is 1. The lowest BCUT2D eigenvalue weighted by atomic mass is 9.97. The van der Waals surface area contributed by atoms with Gasteiger partial charge >= 0.3 is 0 Å². The molecule has 1 aromatic rings. The van der Waals surface area contributed by atoms with Crippen LogP contribution in [-0.2, 0) is 0 Å². The molecule has 0 bridgehead atoms. The van der Waals surface area contributed by atoms with Crippen molar-refractivity contribution in [3.05, 3.63) is 5.82 Å². The lowest BCUT2D eigenvalue weighted by Gasteiger charge is -2.32. The number of anilines is 1. The van der Waals surface area contributed by atoms with Gasteiger partial charge in [0.1, 0.15) is 5.82 Å². The maximum Gasteiger partial charge on any atom is 0.205 e. The van der Waals surface area contributed by atoms with Crippen LogP contribution in [0.25, 0.3) is 0 Å². The second-order valence-corrected chi connectivity index (χ2v) is 5.79. The largest absolute Gasteiger partial charge is 0.344 e. The van der Waals surface area contributed by atoms with E-state index in [1.165, 1.54) is 24.4 Å². The molecule has 96 valence electrons. The third-order valence-electron chi connectivity index (χ3n) is 3.30. The van der Waals surface area contributed by atoms with Crippen molar-refractivity contribution in [3.8, 4) is 0 Å². The van der Waals surface area contributed by atoms with Gasteiger partial charge in [0.25, 0.3) is 0 Å². The highest BCUT2D eigenvalue weighted by atomic mass is 32.1. The van der Waals surface area contributed by atoms with Gasteiger partial charge in [-0.25, -0.2) is 4.98 Å². The quantitative estimate of drug-likeness (QED) is 0.893. The zero-order valence-corrected chi connectivity index (χ0v) is 11.8. The third kappa shape index (κ3) is 3.39. The summed E-state index contributed by atoms with van der Waals surface area (Å²) in [4.78, 5) is 6.92. The molecule has 4 nitrogen and oxygen atoms in total. The Hall–Kier alpha value is -0.680. The average molecular weight is 254 g/mol. The standard InChI is InChI=1S/C12H22N4S/c1-9(2)16(12-14-10(3)15-17-12)8-11-4-6-13-7-5-11/h9,11,13H,4-8H2,1-3H3. The minimum absolute atomic E-state index is 0.497. The van der Waals surface area contributed by atoms with Crippen molar-refractivity contribution in [1.29, 1.82) is 0 Å². The van der Waals surface area contributed by atoms with Gasteiger partial charge in [0, 0.05) is 24.1 Å². The van der Waals surface area contributed by atoms with Crippen LogP contribution in [0.5, 0.6) is 0 Å². The summed E-state index contributed by atoms with van der Waals surface area (Å²) in [5, 5.41) is 4.50. The van der Waals surface area contributed by atoms with E-state index < -0.39 is 0 Å². The van der Waals surface area contributed by atoms with E-state index in [-0.39, 0.29) is 0 Å². The Labute approximate surface area is 108 Å². The molecule has 0 aliphatic carbocycles. The number of hydrogen-bond donors (Lipinski definition) is 1. The van der Waals surface area contributed by atoms with Gasteiger partial charge in [0.2, 0.25) is 5.13 Å². The summed E-state index contributed by atoms with van der Waals surface area (Å²) in [5.74, 6) is 1.68. The number of rotatable bonds is 4. The maximum atomic E-state index is 4.52. The Morgan fingerprint density at radius 3 is 2.65 bits per heavy atom. The molecule has 1 aromatic heterocycles. The predicted octanol–water partition coefficient (Wildman–Crippen LogP) is 2.06. The van der Waals surface area contributed by atoms with E-state index >= 15 is 0 Å². The van der Waals surface area contributed by atoms with Crippen LogP contribution < -0.4 is 10.2 Å². The Balaban J connectivity index is 2.01. The van der Waals surface area contributed by atoms with Crippen LogP contribution in [0.3, 0.4) is 0 Å². The molecule has 0 aromatic carbocycles. The highest BCUT2D eigenvalue weighted by Gasteiger charge is 2.21. The van der Waals surface area contributed by atoms with E-state index in [0.29, 0.717) is 6.04 Å². The number of piperidine rings is 1. The lowest BCUT2D eigenvalue weighted by Crippen LogP contribution is -2.39. The molecule has 17 heavy (non-hydrogen) atoms. The average Bonchev–Trinajstić information content (AvgIpc) is 2.73. The Kier molecular flexibility index (Phi) is 4.34. The van der Waals surface area contributed by atoms with Gasteiger partial charge in [-0.05, 0) is 52.6 Å². The molecule has 1 saturated heterocycles. The summed E-state index contributed by atoms with van der Waals surface area (Å²) in [6.07, 6.45) is 2.56. The van der Waals surface area contributed by atoms with Crippen molar-refractivity contribution in [3.63, 3.8) is 0 Å². The van der Waals surface area contributed by atoms with Gasteiger partial charge in [-0.15, -0.1) is 0 Å². The lowest BCUT2D eigenvalue weighted by molar-refractivity contribution is 0.367. The molecule has 2 heterocycles. The fraction of sp³-hybridized carbons (Fsp3) is 0.833. The predicted molar refractivity (Wildman–Crippen MR) is 72.7 cm³/mol. The van der Waals surface area contributed by atoms with Crippen LogP contribution in [0.15, 0.2) is 0 Å². The van der Waals surface area contributed by atoms with Crippen molar-refractivity contribution in [2.75, 3.05) is 24.5 Å². The van der Waals surface area contributed by atoms with Gasteiger partial charge in [-0.2, -0.15) is 4.37 Å². The fourth-order valence-electron chi connectivity index (χ4n) is 2.26. The monoisotopic (exact) mass is 254 g/mol. The smallest absolute Gasteiger partial charge is 0.205 e. The summed E-state index contributed by atoms with van der Waals surface area (Å²) >= 11 is 1.52. The molecule has 0 unspecified atom stereocenters. The molecule has 1 aliphatic rings. The molecular weight excluding hydrogens is 232 g/mol. The Morgan fingerprint density at radius 2 is 2.12 bits per heavy atom. The topological polar surface area (TPSA) is 41.1 Å². The number of aromatic nitrogens is 2. The number of nitrogens with zero attached hydrogens (tertiary/aromatic N) is 3. The first-order chi connectivity index (χ1) is 8.16. The van der Waals surface area contributed by atoms with Gasteiger partial charge in [-0.3, -0.25) is 0 Å². The van der Waals surface area contributed by atoms with Crippen LogP contribution >= 0.6 is 11.5 Å². The zero-order valence-electron chi connectivity index (χ0n) is 10.9. The minimum atomic E-state index is 0.497. The van der Waals surface area contributed by atoms with Crippen LogP contribution in [0, 0.1) is 12.8 Å². The van der Waals surface area contributed by atoms with Crippen molar-refractivity contribution in [2.24, 2.45) is 5.92 Å². The highest BCUT2D eigenvalue weighted by Crippen LogP contribution is 2.23. The summed E-state index contributed by atoms with van der Waals surface area (Å²) in [5.41, 5.74) is 0. The van der Waals surface area contributed by atoms with E-state index in [9.17, 15) is 0 Å². The summed E-state index contributed by atoms with van der Waals surface area (Å²) < 4.78 is 4.29. The van der Waals surface area contributed by atoms with Crippen molar-refractivity contribution in [1.82, 2.24) is 14.7 Å². The van der Waals surface area contributed by atoms with E-state index in [2.05, 4.69) is 33.4 Å². The number of hydrogen-bond acceptors (Lipinski definition) is 5. The van der Waals surface area contributed by atoms with E-state index in [1.807, 2.05) is 6.92 Å². The van der Waals surface area contributed by atoms with E-state index in [0.717, 1.165) is 36.5 Å².